The van der Waals surface area contributed by atoms with Crippen molar-refractivity contribution in [3.8, 4) is 0 Å². The van der Waals surface area contributed by atoms with Gasteiger partial charge in [-0.15, -0.1) is 0 Å². The first kappa shape index (κ1) is 21.1. The summed E-state index contributed by atoms with van der Waals surface area (Å²) in [6.45, 7) is 26.9. The van der Waals surface area contributed by atoms with Crippen LogP contribution in [0.15, 0.2) is 0 Å². The monoisotopic (exact) mass is 324 g/mol. The molecule has 0 rings (SSSR count). The molecule has 0 spiro atoms. The second-order valence-corrected chi connectivity index (χ2v) is 27.7. The number of hydrogen-bond donors (Lipinski definition) is 0. The Morgan fingerprint density at radius 2 is 0.611 bits per heavy atom. The molecule has 0 saturated carbocycles. The largest absolute Gasteiger partial charge is 0.437 e. The van der Waals surface area contributed by atoms with Gasteiger partial charge in [0.15, 0.2) is 16.6 Å². The van der Waals surface area contributed by atoms with Gasteiger partial charge in [0.25, 0.3) is 0 Å². The third-order valence-corrected chi connectivity index (χ3v) is 9.94. The molecule has 0 heterocycles. The molecular formula is C12H36O2Si4. The molecule has 0 saturated heterocycles. The molecule has 0 atom stereocenters. The molecule has 0 aliphatic rings. The molecule has 0 amide bonds. The first-order valence-corrected chi connectivity index (χ1v) is 20.4. The molecular weight excluding hydrogens is 288 g/mol. The lowest BCUT2D eigenvalue weighted by molar-refractivity contribution is 0.395. The highest BCUT2D eigenvalue weighted by atomic mass is 28.5. The van der Waals surface area contributed by atoms with E-state index in [9.17, 15) is 0 Å². The van der Waals surface area contributed by atoms with Crippen LogP contribution in [0.25, 0.3) is 0 Å². The molecule has 112 valence electrons. The minimum atomic E-state index is -1.85. The minimum absolute atomic E-state index is 0.611. The minimum Gasteiger partial charge on any atom is -0.437 e. The average molecular weight is 325 g/mol. The maximum absolute atomic E-state index is 6.09. The third-order valence-electron chi connectivity index (χ3n) is 1.10. The van der Waals surface area contributed by atoms with Crippen molar-refractivity contribution in [2.24, 2.45) is 0 Å². The lowest BCUT2D eigenvalue weighted by Gasteiger charge is -2.35. The predicted octanol–water partition coefficient (Wildman–Crippen LogP) is 5.35. The van der Waals surface area contributed by atoms with E-state index in [1.54, 1.807) is 0 Å². The molecule has 0 fully saturated rings. The Bertz CT molecular complexity index is 210. The van der Waals surface area contributed by atoms with Crippen LogP contribution in [0.3, 0.4) is 0 Å². The fourth-order valence-corrected chi connectivity index (χ4v) is 13.8. The summed E-state index contributed by atoms with van der Waals surface area (Å²) in [5.41, 5.74) is 0. The highest BCUT2D eigenvalue weighted by molar-refractivity contribution is 6.87. The summed E-state index contributed by atoms with van der Waals surface area (Å²) in [4.78, 5) is 0. The Labute approximate surface area is 120 Å². The van der Waals surface area contributed by atoms with Gasteiger partial charge in [-0.3, -0.25) is 0 Å². The van der Waals surface area contributed by atoms with Crippen LogP contribution in [0.1, 0.15) is 0 Å². The van der Waals surface area contributed by atoms with Crippen LogP contribution >= 0.6 is 0 Å². The Morgan fingerprint density at radius 1 is 0.444 bits per heavy atom. The van der Waals surface area contributed by atoms with Crippen molar-refractivity contribution >= 4 is 33.3 Å². The van der Waals surface area contributed by atoms with Crippen LogP contribution < -0.4 is 0 Å². The molecule has 0 radical (unpaired) electrons. The molecule has 18 heavy (non-hydrogen) atoms. The van der Waals surface area contributed by atoms with E-state index in [1.807, 2.05) is 0 Å². The Morgan fingerprint density at radius 3 is 0.722 bits per heavy atom. The molecule has 0 unspecified atom stereocenters. The van der Waals surface area contributed by atoms with Gasteiger partial charge in [0.1, 0.15) is 0 Å². The van der Waals surface area contributed by atoms with Crippen LogP contribution in [-0.4, -0.2) is 33.3 Å². The smallest absolute Gasteiger partial charge is 0.311 e. The van der Waals surface area contributed by atoms with Gasteiger partial charge in [-0.1, -0.05) is 26.2 Å². The van der Waals surface area contributed by atoms with E-state index in [4.69, 9.17) is 8.23 Å². The second-order valence-electron chi connectivity index (χ2n) is 8.83. The Kier molecular flexibility index (Phi) is 8.19. The Hall–Kier alpha value is 0.788. The summed E-state index contributed by atoms with van der Waals surface area (Å²) in [5.74, 6) is 0. The average Bonchev–Trinajstić information content (AvgIpc) is 1.64. The highest BCUT2D eigenvalue weighted by Crippen LogP contribution is 2.19. The predicted molar refractivity (Wildman–Crippen MR) is 95.6 cm³/mol. The van der Waals surface area contributed by atoms with Gasteiger partial charge in [-0.25, -0.2) is 0 Å². The third kappa shape index (κ3) is 25.6. The summed E-state index contributed by atoms with van der Waals surface area (Å²) in [7, 11) is -5.33. The summed E-state index contributed by atoms with van der Waals surface area (Å²) >= 11 is 0. The van der Waals surface area contributed by atoms with Gasteiger partial charge in [0, 0.05) is 8.07 Å². The van der Waals surface area contributed by atoms with Crippen LogP contribution in [0.5, 0.6) is 0 Å². The zero-order chi connectivity index (χ0) is 15.4. The zero-order valence-electron chi connectivity index (χ0n) is 14.8. The van der Waals surface area contributed by atoms with Crippen LogP contribution in [0.4, 0.5) is 0 Å². The fraction of sp³-hybridized carbons (Fsp3) is 1.00. The number of rotatable bonds is 4. The number of hydrogen-bond acceptors (Lipinski definition) is 2. The van der Waals surface area contributed by atoms with E-state index in [2.05, 4.69) is 78.6 Å². The van der Waals surface area contributed by atoms with Crippen LogP contribution in [0.2, 0.25) is 78.6 Å². The van der Waals surface area contributed by atoms with Gasteiger partial charge in [0.2, 0.25) is 0 Å². The maximum atomic E-state index is 6.09. The normalized spacial score (nSPS) is 14.0. The molecule has 0 aromatic heterocycles. The standard InChI is InChI=1S/C8H24O2Si3.C4H12Si/c1-11(2,3)9-13(7,8)10-12(4,5)6;1-5(2,3)4/h1-8H3;1-4H3. The van der Waals surface area contributed by atoms with Gasteiger partial charge >= 0.3 is 8.56 Å². The SMILES string of the molecule is C[Si](C)(C)C.C[Si](C)(C)O[Si](C)(C)O[Si](C)(C)C. The van der Waals surface area contributed by atoms with E-state index in [0.29, 0.717) is 0 Å². The molecule has 0 N–H and O–H groups in total. The van der Waals surface area contributed by atoms with Crippen molar-refractivity contribution in [2.75, 3.05) is 0 Å². The van der Waals surface area contributed by atoms with Gasteiger partial charge in [-0.2, -0.15) is 0 Å². The molecule has 0 aromatic rings. The van der Waals surface area contributed by atoms with E-state index < -0.39 is 33.3 Å². The van der Waals surface area contributed by atoms with Gasteiger partial charge < -0.3 is 8.23 Å². The zero-order valence-corrected chi connectivity index (χ0v) is 18.8. The van der Waals surface area contributed by atoms with Crippen molar-refractivity contribution in [2.45, 2.75) is 78.6 Å². The van der Waals surface area contributed by atoms with Crippen LogP contribution in [-0.2, 0) is 8.23 Å². The molecule has 0 aromatic carbocycles. The molecule has 6 heteroatoms. The van der Waals surface area contributed by atoms with Crippen molar-refractivity contribution < 1.29 is 8.23 Å². The first-order chi connectivity index (χ1) is 7.41. The van der Waals surface area contributed by atoms with Crippen molar-refractivity contribution in [3.05, 3.63) is 0 Å². The summed E-state index contributed by atoms with van der Waals surface area (Å²) < 4.78 is 12.2. The molecule has 0 aliphatic carbocycles. The van der Waals surface area contributed by atoms with E-state index in [1.165, 1.54) is 0 Å². The lowest BCUT2D eigenvalue weighted by atomic mass is 11.8. The van der Waals surface area contributed by atoms with Crippen LogP contribution in [0, 0.1) is 0 Å². The van der Waals surface area contributed by atoms with E-state index in [-0.39, 0.29) is 0 Å². The quantitative estimate of drug-likeness (QED) is 0.649. The Balaban J connectivity index is 0. The first-order valence-electron chi connectivity index (χ1n) is 6.82. The summed E-state index contributed by atoms with van der Waals surface area (Å²) in [6.07, 6.45) is 0. The summed E-state index contributed by atoms with van der Waals surface area (Å²) in [5, 5.41) is 0. The summed E-state index contributed by atoms with van der Waals surface area (Å²) in [6, 6.07) is 0. The fourth-order valence-electron chi connectivity index (χ4n) is 1.50. The topological polar surface area (TPSA) is 18.5 Å². The molecule has 0 aliphatic heterocycles. The van der Waals surface area contributed by atoms with Gasteiger partial charge in [0.05, 0.1) is 0 Å². The molecule has 2 nitrogen and oxygen atoms in total. The molecule has 0 bridgehead atoms. The van der Waals surface area contributed by atoms with Crippen molar-refractivity contribution in [3.63, 3.8) is 0 Å². The lowest BCUT2D eigenvalue weighted by Crippen LogP contribution is -2.50. The van der Waals surface area contributed by atoms with Crippen molar-refractivity contribution in [1.29, 1.82) is 0 Å². The van der Waals surface area contributed by atoms with E-state index >= 15 is 0 Å². The van der Waals surface area contributed by atoms with E-state index in [0.717, 1.165) is 0 Å². The van der Waals surface area contributed by atoms with Crippen molar-refractivity contribution in [1.82, 2.24) is 0 Å². The second kappa shape index (κ2) is 6.99. The van der Waals surface area contributed by atoms with Gasteiger partial charge in [-0.05, 0) is 52.4 Å². The maximum Gasteiger partial charge on any atom is 0.311 e. The highest BCUT2D eigenvalue weighted by Gasteiger charge is 2.35.